The summed E-state index contributed by atoms with van der Waals surface area (Å²) in [5, 5.41) is 2.70. The van der Waals surface area contributed by atoms with Crippen LogP contribution in [0.4, 0.5) is 0 Å². The Morgan fingerprint density at radius 1 is 0.857 bits per heavy atom. The molecule has 1 heterocycles. The molecule has 2 heteroatoms. The van der Waals surface area contributed by atoms with Crippen molar-refractivity contribution in [3.8, 4) is 11.3 Å². The van der Waals surface area contributed by atoms with Crippen molar-refractivity contribution in [3.05, 3.63) is 60.2 Å². The molecule has 0 aliphatic carbocycles. The molecule has 0 N–H and O–H groups in total. The van der Waals surface area contributed by atoms with E-state index in [-0.39, 0.29) is 0 Å². The number of aromatic nitrogens is 1. The molecule has 106 valence electrons. The predicted octanol–water partition coefficient (Wildman–Crippen LogP) is 4.76. The fourth-order valence-electron chi connectivity index (χ4n) is 2.64. The van der Waals surface area contributed by atoms with E-state index in [1.807, 2.05) is 6.07 Å². The Labute approximate surface area is 127 Å². The monoisotopic (exact) mass is 291 g/mol. The summed E-state index contributed by atoms with van der Waals surface area (Å²) in [6.07, 6.45) is 0. The first-order valence-electron chi connectivity index (χ1n) is 7.42. The zero-order valence-electron chi connectivity index (χ0n) is 13.1. The van der Waals surface area contributed by atoms with E-state index >= 15 is 0 Å². The number of aryl methyl sites for hydroxylation is 1. The number of benzene rings is 2. The maximum atomic E-state index is 4.85. The zero-order valence-corrected chi connectivity index (χ0v) is 14.1. The second-order valence-corrected chi connectivity index (χ2v) is 11.8. The molecule has 21 heavy (non-hydrogen) atoms. The quantitative estimate of drug-likeness (QED) is 0.621. The van der Waals surface area contributed by atoms with Crippen LogP contribution in [0.1, 0.15) is 5.56 Å². The first-order valence-corrected chi connectivity index (χ1v) is 10.9. The highest BCUT2D eigenvalue weighted by Gasteiger charge is 2.16. The van der Waals surface area contributed by atoms with Gasteiger partial charge in [0.05, 0.1) is 19.3 Å². The summed E-state index contributed by atoms with van der Waals surface area (Å²) in [7, 11) is -1.23. The van der Waals surface area contributed by atoms with Crippen LogP contribution in [0, 0.1) is 6.92 Å². The van der Waals surface area contributed by atoms with Gasteiger partial charge in [0.2, 0.25) is 0 Å². The summed E-state index contributed by atoms with van der Waals surface area (Å²) in [5.41, 5.74) is 4.60. The first-order chi connectivity index (χ1) is 9.95. The molecule has 0 radical (unpaired) electrons. The van der Waals surface area contributed by atoms with Crippen molar-refractivity contribution in [1.29, 1.82) is 0 Å². The van der Waals surface area contributed by atoms with Gasteiger partial charge < -0.3 is 0 Å². The Balaban J connectivity index is 2.09. The largest absolute Gasteiger partial charge is 0.248 e. The number of rotatable bonds is 2. The molecule has 0 aliphatic heterocycles. The van der Waals surface area contributed by atoms with Crippen molar-refractivity contribution < 1.29 is 0 Å². The molecule has 1 aromatic heterocycles. The number of nitrogens with zero attached hydrogens (tertiary/aromatic N) is 1. The molecule has 1 nitrogen and oxygen atoms in total. The van der Waals surface area contributed by atoms with E-state index in [0.29, 0.717) is 0 Å². The number of pyridine rings is 1. The SMILES string of the molecule is Cc1cc2ccccc2nc1-c1ccc([Si](C)(C)C)cc1. The van der Waals surface area contributed by atoms with Crippen molar-refractivity contribution in [1.82, 2.24) is 4.98 Å². The van der Waals surface area contributed by atoms with Crippen LogP contribution in [0.5, 0.6) is 0 Å². The molecule has 3 rings (SSSR count). The van der Waals surface area contributed by atoms with Gasteiger partial charge in [0.25, 0.3) is 0 Å². The van der Waals surface area contributed by atoms with Crippen molar-refractivity contribution >= 4 is 24.2 Å². The maximum absolute atomic E-state index is 4.85. The lowest BCUT2D eigenvalue weighted by atomic mass is 10.0. The summed E-state index contributed by atoms with van der Waals surface area (Å²) in [4.78, 5) is 4.85. The van der Waals surface area contributed by atoms with E-state index in [1.54, 1.807) is 0 Å². The van der Waals surface area contributed by atoms with Gasteiger partial charge >= 0.3 is 0 Å². The Hall–Kier alpha value is -1.93. The van der Waals surface area contributed by atoms with Crippen molar-refractivity contribution in [2.75, 3.05) is 0 Å². The molecule has 0 fully saturated rings. The van der Waals surface area contributed by atoms with Crippen LogP contribution in [-0.2, 0) is 0 Å². The van der Waals surface area contributed by atoms with Crippen LogP contribution in [0.25, 0.3) is 22.2 Å². The molecule has 0 saturated carbocycles. The average molecular weight is 291 g/mol. The van der Waals surface area contributed by atoms with Gasteiger partial charge in [-0.15, -0.1) is 0 Å². The summed E-state index contributed by atoms with van der Waals surface area (Å²) in [6.45, 7) is 9.27. The molecule has 0 aliphatic rings. The highest BCUT2D eigenvalue weighted by Crippen LogP contribution is 2.24. The number of para-hydroxylation sites is 1. The third kappa shape index (κ3) is 2.77. The lowest BCUT2D eigenvalue weighted by Gasteiger charge is -2.17. The lowest BCUT2D eigenvalue weighted by Crippen LogP contribution is -2.37. The predicted molar refractivity (Wildman–Crippen MR) is 94.9 cm³/mol. The van der Waals surface area contributed by atoms with Gasteiger partial charge in [-0.05, 0) is 24.6 Å². The minimum absolute atomic E-state index is 1.06. The van der Waals surface area contributed by atoms with Crippen LogP contribution in [0.2, 0.25) is 19.6 Å². The summed E-state index contributed by atoms with van der Waals surface area (Å²) >= 11 is 0. The molecule has 0 bridgehead atoms. The van der Waals surface area contributed by atoms with Crippen LogP contribution >= 0.6 is 0 Å². The first kappa shape index (κ1) is 14.0. The molecular weight excluding hydrogens is 270 g/mol. The van der Waals surface area contributed by atoms with Crippen LogP contribution in [-0.4, -0.2) is 13.1 Å². The smallest absolute Gasteiger partial charge is 0.0775 e. The minimum atomic E-state index is -1.23. The van der Waals surface area contributed by atoms with E-state index in [0.717, 1.165) is 11.2 Å². The molecule has 3 aromatic rings. The standard InChI is InChI=1S/C19H21NSi/c1-14-13-16-7-5-6-8-18(16)20-19(14)15-9-11-17(12-10-15)21(2,3)4/h5-13H,1-4H3. The van der Waals surface area contributed by atoms with Crippen molar-refractivity contribution in [3.63, 3.8) is 0 Å². The topological polar surface area (TPSA) is 12.9 Å². The Morgan fingerprint density at radius 2 is 1.52 bits per heavy atom. The number of fused-ring (bicyclic) bond motifs is 1. The fraction of sp³-hybridized carbons (Fsp3) is 0.211. The summed E-state index contributed by atoms with van der Waals surface area (Å²) < 4.78 is 0. The molecule has 0 spiro atoms. The zero-order chi connectivity index (χ0) is 15.0. The van der Waals surface area contributed by atoms with E-state index < -0.39 is 8.07 Å². The van der Waals surface area contributed by atoms with Gasteiger partial charge in [-0.1, -0.05) is 67.3 Å². The Morgan fingerprint density at radius 3 is 2.19 bits per heavy atom. The highest BCUT2D eigenvalue weighted by molar-refractivity contribution is 6.88. The van der Waals surface area contributed by atoms with Crippen molar-refractivity contribution in [2.45, 2.75) is 26.6 Å². The number of hydrogen-bond acceptors (Lipinski definition) is 1. The Bertz CT molecular complexity index is 783. The van der Waals surface area contributed by atoms with E-state index in [4.69, 9.17) is 4.98 Å². The molecular formula is C19H21NSi. The third-order valence-electron chi connectivity index (χ3n) is 3.94. The molecule has 0 saturated heterocycles. The molecule has 0 amide bonds. The van der Waals surface area contributed by atoms with Crippen LogP contribution in [0.3, 0.4) is 0 Å². The van der Waals surface area contributed by atoms with Gasteiger partial charge in [-0.3, -0.25) is 0 Å². The summed E-state index contributed by atoms with van der Waals surface area (Å²) in [5.74, 6) is 0. The molecule has 0 atom stereocenters. The number of hydrogen-bond donors (Lipinski definition) is 0. The Kier molecular flexibility index (Phi) is 3.42. The third-order valence-corrected chi connectivity index (χ3v) is 6.00. The molecule has 2 aromatic carbocycles. The second kappa shape index (κ2) is 5.12. The second-order valence-electron chi connectivity index (χ2n) is 6.67. The average Bonchev–Trinajstić information content (AvgIpc) is 2.46. The van der Waals surface area contributed by atoms with E-state index in [9.17, 15) is 0 Å². The van der Waals surface area contributed by atoms with Crippen molar-refractivity contribution in [2.24, 2.45) is 0 Å². The normalized spacial score (nSPS) is 11.8. The minimum Gasteiger partial charge on any atom is -0.248 e. The van der Waals surface area contributed by atoms with Crippen LogP contribution in [0.15, 0.2) is 54.6 Å². The maximum Gasteiger partial charge on any atom is 0.0775 e. The van der Waals surface area contributed by atoms with Crippen LogP contribution < -0.4 is 5.19 Å². The molecule has 0 unspecified atom stereocenters. The van der Waals surface area contributed by atoms with Gasteiger partial charge in [0.1, 0.15) is 0 Å². The lowest BCUT2D eigenvalue weighted by molar-refractivity contribution is 1.33. The van der Waals surface area contributed by atoms with E-state index in [1.165, 1.54) is 21.7 Å². The van der Waals surface area contributed by atoms with Gasteiger partial charge in [0.15, 0.2) is 0 Å². The summed E-state index contributed by atoms with van der Waals surface area (Å²) in [6, 6.07) is 19.5. The van der Waals surface area contributed by atoms with Gasteiger partial charge in [0, 0.05) is 10.9 Å². The fourth-order valence-corrected chi connectivity index (χ4v) is 3.81. The van der Waals surface area contributed by atoms with Gasteiger partial charge in [-0.25, -0.2) is 4.98 Å². The van der Waals surface area contributed by atoms with E-state index in [2.05, 4.69) is 75.1 Å². The van der Waals surface area contributed by atoms with Gasteiger partial charge in [-0.2, -0.15) is 0 Å². The highest BCUT2D eigenvalue weighted by atomic mass is 28.3.